The smallest absolute Gasteiger partial charge is 0.342 e. The van der Waals surface area contributed by atoms with Gasteiger partial charge in [-0.3, -0.25) is 4.79 Å². The van der Waals surface area contributed by atoms with Crippen molar-refractivity contribution in [3.05, 3.63) is 47.6 Å². The Hall–Kier alpha value is -2.60. The van der Waals surface area contributed by atoms with Crippen molar-refractivity contribution in [1.82, 2.24) is 0 Å². The van der Waals surface area contributed by atoms with Gasteiger partial charge in [-0.05, 0) is 31.1 Å². The highest BCUT2D eigenvalue weighted by atomic mass is 16.5. The van der Waals surface area contributed by atoms with E-state index in [1.165, 1.54) is 12.1 Å². The van der Waals surface area contributed by atoms with E-state index in [1.54, 1.807) is 25.2 Å². The molecule has 0 aliphatic carbocycles. The maximum atomic E-state index is 12.3. The van der Waals surface area contributed by atoms with Crippen molar-refractivity contribution < 1.29 is 29.6 Å². The van der Waals surface area contributed by atoms with Gasteiger partial charge in [0.05, 0.1) is 6.10 Å². The summed E-state index contributed by atoms with van der Waals surface area (Å²) in [5.41, 5.74) is 0.0648. The van der Waals surface area contributed by atoms with E-state index < -0.39 is 23.9 Å². The van der Waals surface area contributed by atoms with Gasteiger partial charge in [-0.1, -0.05) is 18.2 Å². The first kappa shape index (κ1) is 17.7. The van der Waals surface area contributed by atoms with Crippen LogP contribution < -0.4 is 0 Å². The van der Waals surface area contributed by atoms with Gasteiger partial charge in [0.1, 0.15) is 23.2 Å². The second kappa shape index (κ2) is 7.79. The van der Waals surface area contributed by atoms with Crippen LogP contribution in [0, 0.1) is 0 Å². The highest BCUT2D eigenvalue weighted by molar-refractivity contribution is 5.98. The highest BCUT2D eigenvalue weighted by Crippen LogP contribution is 2.29. The van der Waals surface area contributed by atoms with Crippen molar-refractivity contribution in [2.24, 2.45) is 0 Å². The number of hydrogen-bond donors (Lipinski definition) is 3. The molecule has 2 rings (SSSR count). The molecule has 0 saturated carbocycles. The predicted octanol–water partition coefficient (Wildman–Crippen LogP) is 2.02. The first-order chi connectivity index (χ1) is 11.4. The van der Waals surface area contributed by atoms with E-state index >= 15 is 0 Å². The van der Waals surface area contributed by atoms with Gasteiger partial charge in [0, 0.05) is 18.9 Å². The molecule has 1 aliphatic heterocycles. The molecular formula is C18H20O6. The summed E-state index contributed by atoms with van der Waals surface area (Å²) in [4.78, 5) is 24.3. The lowest BCUT2D eigenvalue weighted by atomic mass is 10.00. The van der Waals surface area contributed by atoms with Crippen LogP contribution in [0.25, 0.3) is 0 Å². The average Bonchev–Trinajstić information content (AvgIpc) is 2.45. The van der Waals surface area contributed by atoms with E-state index in [-0.39, 0.29) is 35.5 Å². The molecule has 0 amide bonds. The summed E-state index contributed by atoms with van der Waals surface area (Å²) in [5.74, 6) is -1.77. The number of ketones is 1. The number of phenolic OH excluding ortho intramolecular Hbond substituents is 2. The number of benzene rings is 1. The van der Waals surface area contributed by atoms with Crippen LogP contribution in [-0.4, -0.2) is 39.3 Å². The molecule has 0 aromatic heterocycles. The van der Waals surface area contributed by atoms with E-state index in [4.69, 9.17) is 4.74 Å². The Morgan fingerprint density at radius 3 is 2.62 bits per heavy atom. The second-order valence-electron chi connectivity index (χ2n) is 5.73. The molecule has 2 atom stereocenters. The number of allylic oxidation sites excluding steroid dienone is 1. The van der Waals surface area contributed by atoms with Gasteiger partial charge >= 0.3 is 5.97 Å². The monoisotopic (exact) mass is 332 g/mol. The third kappa shape index (κ3) is 4.70. The van der Waals surface area contributed by atoms with Crippen LogP contribution in [0.15, 0.2) is 36.4 Å². The average molecular weight is 332 g/mol. The number of hydrogen-bond acceptors (Lipinski definition) is 6. The molecule has 0 spiro atoms. The van der Waals surface area contributed by atoms with Crippen LogP contribution in [0.2, 0.25) is 0 Å². The topological polar surface area (TPSA) is 104 Å². The van der Waals surface area contributed by atoms with E-state index in [0.29, 0.717) is 6.42 Å². The maximum Gasteiger partial charge on any atom is 0.342 e. The standard InChI is InChI=1S/C18H20O6/c1-11-4-2-5-13(19)6-3-7-14(20)8-12-9-15(21)10-16(22)17(12)18(23)24-11/h2-3,5,7,9-11,13,19,21-22H,4,6,8H2,1H3/t11-,13-/m0/s1. The summed E-state index contributed by atoms with van der Waals surface area (Å²) in [6, 6.07) is 2.29. The number of fused-ring (bicyclic) bond motifs is 1. The quantitative estimate of drug-likeness (QED) is 0.496. The summed E-state index contributed by atoms with van der Waals surface area (Å²) in [7, 11) is 0. The van der Waals surface area contributed by atoms with Gasteiger partial charge in [-0.25, -0.2) is 4.79 Å². The minimum Gasteiger partial charge on any atom is -0.508 e. The Kier molecular flexibility index (Phi) is 5.76. The molecule has 1 aromatic rings. The van der Waals surface area contributed by atoms with Crippen LogP contribution >= 0.6 is 0 Å². The van der Waals surface area contributed by atoms with Crippen molar-refractivity contribution in [1.29, 1.82) is 0 Å². The minimum absolute atomic E-state index is 0.123. The number of phenols is 2. The Labute approximate surface area is 139 Å². The van der Waals surface area contributed by atoms with Gasteiger partial charge in [0.25, 0.3) is 0 Å². The number of cyclic esters (lactones) is 1. The molecule has 1 heterocycles. The molecule has 1 aliphatic rings. The Morgan fingerprint density at radius 1 is 1.12 bits per heavy atom. The van der Waals surface area contributed by atoms with Crippen LogP contribution in [0.4, 0.5) is 0 Å². The fraction of sp³-hybridized carbons (Fsp3) is 0.333. The number of esters is 1. The van der Waals surface area contributed by atoms with Gasteiger partial charge in [0.2, 0.25) is 0 Å². The second-order valence-corrected chi connectivity index (χ2v) is 5.73. The lowest BCUT2D eigenvalue weighted by molar-refractivity contribution is -0.114. The largest absolute Gasteiger partial charge is 0.508 e. The van der Waals surface area contributed by atoms with Gasteiger partial charge in [0.15, 0.2) is 5.78 Å². The van der Waals surface area contributed by atoms with E-state index in [1.807, 2.05) is 0 Å². The molecule has 0 saturated heterocycles. The molecular weight excluding hydrogens is 312 g/mol. The summed E-state index contributed by atoms with van der Waals surface area (Å²) in [5, 5.41) is 29.3. The fourth-order valence-corrected chi connectivity index (χ4v) is 2.43. The summed E-state index contributed by atoms with van der Waals surface area (Å²) in [6.45, 7) is 1.68. The fourth-order valence-electron chi connectivity index (χ4n) is 2.43. The van der Waals surface area contributed by atoms with Crippen molar-refractivity contribution in [3.8, 4) is 11.5 Å². The van der Waals surface area contributed by atoms with Gasteiger partial charge < -0.3 is 20.1 Å². The Morgan fingerprint density at radius 2 is 1.88 bits per heavy atom. The summed E-state index contributed by atoms with van der Waals surface area (Å²) >= 11 is 0. The third-order valence-corrected chi connectivity index (χ3v) is 3.57. The SMILES string of the molecule is C[C@H]1CC=C[C@H](O)CC=CC(=O)Cc2cc(O)cc(O)c2C(=O)O1. The molecule has 24 heavy (non-hydrogen) atoms. The molecule has 0 radical (unpaired) electrons. The lowest BCUT2D eigenvalue weighted by Crippen LogP contribution is -2.17. The molecule has 0 unspecified atom stereocenters. The van der Waals surface area contributed by atoms with Crippen molar-refractivity contribution >= 4 is 11.8 Å². The van der Waals surface area contributed by atoms with Crippen LogP contribution in [0.1, 0.15) is 35.7 Å². The van der Waals surface area contributed by atoms with Crippen LogP contribution in [0.3, 0.4) is 0 Å². The number of aliphatic hydroxyl groups is 1. The van der Waals surface area contributed by atoms with E-state index in [9.17, 15) is 24.9 Å². The molecule has 1 aromatic carbocycles. The summed E-state index contributed by atoms with van der Waals surface area (Å²) in [6.07, 6.45) is 5.44. The molecule has 6 heteroatoms. The maximum absolute atomic E-state index is 12.3. The van der Waals surface area contributed by atoms with E-state index in [2.05, 4.69) is 0 Å². The molecule has 6 nitrogen and oxygen atoms in total. The number of carbonyl (C=O) groups excluding carboxylic acids is 2. The molecule has 128 valence electrons. The number of rotatable bonds is 0. The van der Waals surface area contributed by atoms with Gasteiger partial charge in [-0.2, -0.15) is 0 Å². The van der Waals surface area contributed by atoms with Crippen LogP contribution in [-0.2, 0) is 16.0 Å². The first-order valence-corrected chi connectivity index (χ1v) is 7.66. The zero-order chi connectivity index (χ0) is 17.7. The minimum atomic E-state index is -0.766. The number of carbonyl (C=O) groups is 2. The van der Waals surface area contributed by atoms with Crippen molar-refractivity contribution in [3.63, 3.8) is 0 Å². The Balaban J connectivity index is 2.41. The first-order valence-electron chi connectivity index (χ1n) is 7.66. The predicted molar refractivity (Wildman–Crippen MR) is 86.9 cm³/mol. The number of aliphatic hydroxyl groups excluding tert-OH is 1. The Bertz CT molecular complexity index is 689. The highest BCUT2D eigenvalue weighted by Gasteiger charge is 2.22. The lowest BCUT2D eigenvalue weighted by Gasteiger charge is -2.15. The molecule has 3 N–H and O–H groups in total. The number of ether oxygens (including phenoxy) is 1. The molecule has 0 bridgehead atoms. The summed E-state index contributed by atoms with van der Waals surface area (Å²) < 4.78 is 5.27. The normalized spacial score (nSPS) is 22.6. The zero-order valence-corrected chi connectivity index (χ0v) is 13.3. The third-order valence-electron chi connectivity index (χ3n) is 3.57. The van der Waals surface area contributed by atoms with E-state index in [0.717, 1.165) is 6.07 Å². The zero-order valence-electron chi connectivity index (χ0n) is 13.3. The van der Waals surface area contributed by atoms with Crippen LogP contribution in [0.5, 0.6) is 11.5 Å². The van der Waals surface area contributed by atoms with Gasteiger partial charge in [-0.15, -0.1) is 0 Å². The number of aromatic hydroxyl groups is 2. The van der Waals surface area contributed by atoms with Crippen molar-refractivity contribution in [2.45, 2.75) is 38.4 Å². The van der Waals surface area contributed by atoms with Crippen molar-refractivity contribution in [2.75, 3.05) is 0 Å². The molecule has 0 fully saturated rings.